The van der Waals surface area contributed by atoms with E-state index in [2.05, 4.69) is 29.6 Å². The van der Waals surface area contributed by atoms with Crippen molar-refractivity contribution < 1.29 is 9.90 Å². The molecule has 0 bridgehead atoms. The van der Waals surface area contributed by atoms with E-state index in [1.807, 2.05) is 23.1 Å². The molecule has 4 heteroatoms. The Morgan fingerprint density at radius 3 is 2.83 bits per heavy atom. The van der Waals surface area contributed by atoms with Crippen molar-refractivity contribution in [3.05, 3.63) is 48.0 Å². The van der Waals surface area contributed by atoms with Gasteiger partial charge in [-0.05, 0) is 48.2 Å². The van der Waals surface area contributed by atoms with E-state index in [-0.39, 0.29) is 12.5 Å². The summed E-state index contributed by atoms with van der Waals surface area (Å²) in [7, 11) is 0. The van der Waals surface area contributed by atoms with Gasteiger partial charge in [0.15, 0.2) is 0 Å². The number of carbonyl (C=O) groups excluding carboxylic acids is 1. The minimum absolute atomic E-state index is 0.115. The molecule has 0 aliphatic carbocycles. The Hall–Kier alpha value is -1.91. The molecule has 128 valence electrons. The summed E-state index contributed by atoms with van der Waals surface area (Å²) >= 11 is 0. The van der Waals surface area contributed by atoms with Gasteiger partial charge in [-0.3, -0.25) is 4.79 Å². The van der Waals surface area contributed by atoms with Crippen LogP contribution >= 0.6 is 0 Å². The van der Waals surface area contributed by atoms with Crippen LogP contribution in [-0.2, 0) is 11.3 Å². The Morgan fingerprint density at radius 1 is 1.21 bits per heavy atom. The van der Waals surface area contributed by atoms with Gasteiger partial charge in [0.25, 0.3) is 0 Å². The van der Waals surface area contributed by atoms with E-state index < -0.39 is 0 Å². The van der Waals surface area contributed by atoms with Gasteiger partial charge in [-0.25, -0.2) is 0 Å². The molecule has 0 saturated carbocycles. The fourth-order valence-electron chi connectivity index (χ4n) is 3.45. The summed E-state index contributed by atoms with van der Waals surface area (Å²) in [5.41, 5.74) is 1.17. The molecular formula is C20H26N2O2. The molecule has 0 aromatic heterocycles. The molecule has 1 heterocycles. The molecule has 1 unspecified atom stereocenters. The first-order chi connectivity index (χ1) is 11.8. The second-order valence-corrected chi connectivity index (χ2v) is 6.59. The summed E-state index contributed by atoms with van der Waals surface area (Å²) in [6, 6.07) is 14.5. The van der Waals surface area contributed by atoms with Crippen LogP contribution in [0.25, 0.3) is 10.8 Å². The van der Waals surface area contributed by atoms with Crippen LogP contribution in [0.4, 0.5) is 0 Å². The highest BCUT2D eigenvalue weighted by Gasteiger charge is 2.22. The van der Waals surface area contributed by atoms with Crippen molar-refractivity contribution in [2.45, 2.75) is 25.8 Å². The molecule has 1 aliphatic heterocycles. The zero-order chi connectivity index (χ0) is 16.8. The number of fused-ring (bicyclic) bond motifs is 1. The van der Waals surface area contributed by atoms with Gasteiger partial charge in [0.05, 0.1) is 0 Å². The summed E-state index contributed by atoms with van der Waals surface area (Å²) in [5, 5.41) is 14.9. The van der Waals surface area contributed by atoms with Crippen LogP contribution in [0.1, 0.15) is 24.8 Å². The Kier molecular flexibility index (Phi) is 5.83. The Bertz CT molecular complexity index is 675. The van der Waals surface area contributed by atoms with Crippen molar-refractivity contribution >= 4 is 16.7 Å². The number of hydrogen-bond acceptors (Lipinski definition) is 3. The zero-order valence-corrected chi connectivity index (χ0v) is 14.1. The summed E-state index contributed by atoms with van der Waals surface area (Å²) in [4.78, 5) is 14.7. The van der Waals surface area contributed by atoms with Crippen LogP contribution in [0.5, 0.6) is 0 Å². The summed E-state index contributed by atoms with van der Waals surface area (Å²) in [5.74, 6) is 0.645. The lowest BCUT2D eigenvalue weighted by atomic mass is 10.0. The van der Waals surface area contributed by atoms with Gasteiger partial charge in [-0.1, -0.05) is 42.5 Å². The maximum absolute atomic E-state index is 12.8. The number of aliphatic hydroxyl groups excluding tert-OH is 1. The Morgan fingerprint density at radius 2 is 2.04 bits per heavy atom. The summed E-state index contributed by atoms with van der Waals surface area (Å²) in [6.07, 6.45) is 2.30. The minimum atomic E-state index is 0.115. The second kappa shape index (κ2) is 8.27. The lowest BCUT2D eigenvalue weighted by molar-refractivity contribution is -0.132. The van der Waals surface area contributed by atoms with Crippen molar-refractivity contribution in [2.75, 3.05) is 26.2 Å². The van der Waals surface area contributed by atoms with Crippen LogP contribution in [0.3, 0.4) is 0 Å². The van der Waals surface area contributed by atoms with Crippen LogP contribution in [0.2, 0.25) is 0 Å². The number of carbonyl (C=O) groups is 1. The first-order valence-corrected chi connectivity index (χ1v) is 8.84. The predicted octanol–water partition coefficient (Wildman–Crippen LogP) is 2.55. The van der Waals surface area contributed by atoms with Crippen LogP contribution in [-0.4, -0.2) is 42.2 Å². The molecule has 1 aliphatic rings. The van der Waals surface area contributed by atoms with Crippen molar-refractivity contribution in [1.29, 1.82) is 0 Å². The smallest absolute Gasteiger partial charge is 0.223 e. The van der Waals surface area contributed by atoms with Crippen molar-refractivity contribution in [3.63, 3.8) is 0 Å². The highest BCUT2D eigenvalue weighted by Crippen LogP contribution is 2.21. The molecule has 2 N–H and O–H groups in total. The second-order valence-electron chi connectivity index (χ2n) is 6.59. The van der Waals surface area contributed by atoms with Gasteiger partial charge in [-0.2, -0.15) is 0 Å². The number of benzene rings is 2. The van der Waals surface area contributed by atoms with Gasteiger partial charge in [0.1, 0.15) is 0 Å². The van der Waals surface area contributed by atoms with E-state index in [4.69, 9.17) is 0 Å². The molecule has 1 saturated heterocycles. The highest BCUT2D eigenvalue weighted by atomic mass is 16.3. The molecule has 1 atom stereocenters. The van der Waals surface area contributed by atoms with Crippen molar-refractivity contribution in [3.8, 4) is 0 Å². The SMILES string of the molecule is O=C(CC1CCNC1)N(CCCO)Cc1cccc2ccccc12. The van der Waals surface area contributed by atoms with Crippen LogP contribution < -0.4 is 5.32 Å². The fraction of sp³-hybridized carbons (Fsp3) is 0.450. The largest absolute Gasteiger partial charge is 0.396 e. The average Bonchev–Trinajstić information content (AvgIpc) is 3.11. The maximum Gasteiger partial charge on any atom is 0.223 e. The molecule has 0 spiro atoms. The third-order valence-corrected chi connectivity index (χ3v) is 4.81. The quantitative estimate of drug-likeness (QED) is 0.822. The lowest BCUT2D eigenvalue weighted by Gasteiger charge is -2.24. The minimum Gasteiger partial charge on any atom is -0.396 e. The molecule has 24 heavy (non-hydrogen) atoms. The number of aliphatic hydroxyl groups is 1. The molecule has 0 radical (unpaired) electrons. The van der Waals surface area contributed by atoms with E-state index in [1.165, 1.54) is 16.3 Å². The summed E-state index contributed by atoms with van der Waals surface area (Å²) < 4.78 is 0. The standard InChI is InChI=1S/C20H26N2O2/c23-12-4-11-22(20(24)13-16-9-10-21-14-16)15-18-7-3-6-17-5-1-2-8-19(17)18/h1-3,5-8,16,21,23H,4,9-15H2. The van der Waals surface area contributed by atoms with Crippen molar-refractivity contribution in [2.24, 2.45) is 5.92 Å². The average molecular weight is 326 g/mol. The summed E-state index contributed by atoms with van der Waals surface area (Å²) in [6.45, 7) is 3.29. The van der Waals surface area contributed by atoms with E-state index in [1.54, 1.807) is 0 Å². The topological polar surface area (TPSA) is 52.6 Å². The first-order valence-electron chi connectivity index (χ1n) is 8.84. The predicted molar refractivity (Wildman–Crippen MR) is 96.7 cm³/mol. The molecule has 2 aromatic rings. The highest BCUT2D eigenvalue weighted by molar-refractivity contribution is 5.86. The van der Waals surface area contributed by atoms with Crippen molar-refractivity contribution in [1.82, 2.24) is 10.2 Å². The lowest BCUT2D eigenvalue weighted by Crippen LogP contribution is -2.33. The van der Waals surface area contributed by atoms with E-state index in [0.29, 0.717) is 31.8 Å². The van der Waals surface area contributed by atoms with Crippen LogP contribution in [0, 0.1) is 5.92 Å². The third-order valence-electron chi connectivity index (χ3n) is 4.81. The number of rotatable bonds is 7. The molecule has 1 amide bonds. The normalized spacial score (nSPS) is 17.3. The third kappa shape index (κ3) is 4.13. The molecule has 4 nitrogen and oxygen atoms in total. The number of nitrogens with zero attached hydrogens (tertiary/aromatic N) is 1. The van der Waals surface area contributed by atoms with E-state index in [0.717, 1.165) is 19.5 Å². The molecule has 2 aromatic carbocycles. The monoisotopic (exact) mass is 326 g/mol. The number of hydrogen-bond donors (Lipinski definition) is 2. The molecule has 3 rings (SSSR count). The van der Waals surface area contributed by atoms with Crippen LogP contribution in [0.15, 0.2) is 42.5 Å². The van der Waals surface area contributed by atoms with Gasteiger partial charge >= 0.3 is 0 Å². The first kappa shape index (κ1) is 16.9. The van der Waals surface area contributed by atoms with Gasteiger partial charge in [0.2, 0.25) is 5.91 Å². The Labute approximate surface area is 143 Å². The maximum atomic E-state index is 12.8. The number of nitrogens with one attached hydrogen (secondary N) is 1. The fourth-order valence-corrected chi connectivity index (χ4v) is 3.45. The van der Waals surface area contributed by atoms with Gasteiger partial charge in [0, 0.05) is 26.1 Å². The van der Waals surface area contributed by atoms with Gasteiger partial charge in [-0.15, -0.1) is 0 Å². The molecule has 1 fully saturated rings. The van der Waals surface area contributed by atoms with E-state index in [9.17, 15) is 9.90 Å². The zero-order valence-electron chi connectivity index (χ0n) is 14.1. The number of amides is 1. The molecular weight excluding hydrogens is 300 g/mol. The van der Waals surface area contributed by atoms with Gasteiger partial charge < -0.3 is 15.3 Å². The Balaban J connectivity index is 1.76. The van der Waals surface area contributed by atoms with E-state index >= 15 is 0 Å².